The molecule has 0 atom stereocenters. The van der Waals surface area contributed by atoms with Crippen LogP contribution in [0.25, 0.3) is 0 Å². The summed E-state index contributed by atoms with van der Waals surface area (Å²) in [6.07, 6.45) is 1.23. The van der Waals surface area contributed by atoms with Crippen molar-refractivity contribution in [2.45, 2.75) is 4.90 Å². The van der Waals surface area contributed by atoms with Crippen LogP contribution in [0.15, 0.2) is 35.4 Å². The molecule has 4 nitrogen and oxygen atoms in total. The molecule has 2 aromatic rings. The highest BCUT2D eigenvalue weighted by atomic mass is 127. The van der Waals surface area contributed by atoms with Crippen molar-refractivity contribution in [1.29, 1.82) is 0 Å². The number of hydrogen-bond acceptors (Lipinski definition) is 3. The molecule has 1 aromatic heterocycles. The van der Waals surface area contributed by atoms with Crippen LogP contribution in [0.4, 0.5) is 5.69 Å². The fraction of sp³-hybridized carbons (Fsp3) is 0. The van der Waals surface area contributed by atoms with E-state index in [1.54, 1.807) is 0 Å². The van der Waals surface area contributed by atoms with Gasteiger partial charge in [-0.3, -0.25) is 4.72 Å². The molecule has 1 N–H and O–H groups in total. The van der Waals surface area contributed by atoms with Crippen LogP contribution in [0, 0.1) is 10.7 Å². The molecule has 0 fully saturated rings. The number of anilines is 1. The first kappa shape index (κ1) is 17.0. The first-order valence-corrected chi connectivity index (χ1v) is 10.2. The molecule has 20 heavy (non-hydrogen) atoms. The zero-order valence-electron chi connectivity index (χ0n) is 9.57. The molecule has 0 aliphatic rings. The molecule has 1 heterocycles. The molecule has 1 aromatic carbocycles. The molecule has 106 valence electrons. The third-order valence-corrected chi connectivity index (χ3v) is 6.14. The molecule has 2 rings (SSSR count). The predicted octanol–water partition coefficient (Wildman–Crippen LogP) is 4.35. The molecule has 0 aliphatic heterocycles. The Labute approximate surface area is 162 Å². The van der Waals surface area contributed by atoms with Gasteiger partial charge in [-0.1, -0.05) is 11.6 Å². The van der Waals surface area contributed by atoms with Gasteiger partial charge in [0.1, 0.15) is 10.0 Å². The maximum absolute atomic E-state index is 12.3. The second-order valence-electron chi connectivity index (χ2n) is 3.67. The quantitative estimate of drug-likeness (QED) is 0.399. The summed E-state index contributed by atoms with van der Waals surface area (Å²) in [7, 11) is -3.67. The number of aromatic nitrogens is 1. The molecule has 9 heteroatoms. The van der Waals surface area contributed by atoms with Gasteiger partial charge in [-0.15, -0.1) is 0 Å². The number of halogens is 4. The smallest absolute Gasteiger partial charge is 0.263 e. The van der Waals surface area contributed by atoms with E-state index in [1.165, 1.54) is 18.3 Å². The topological polar surface area (TPSA) is 59.1 Å². The van der Waals surface area contributed by atoms with E-state index < -0.39 is 10.0 Å². The van der Waals surface area contributed by atoms with Gasteiger partial charge in [0.05, 0.1) is 5.69 Å². The fourth-order valence-electron chi connectivity index (χ4n) is 1.35. The minimum Gasteiger partial charge on any atom is -0.277 e. The Morgan fingerprint density at radius 1 is 1.10 bits per heavy atom. The lowest BCUT2D eigenvalue weighted by atomic mass is 10.3. The highest BCUT2D eigenvalue weighted by Crippen LogP contribution is 2.29. The Morgan fingerprint density at radius 2 is 1.70 bits per heavy atom. The van der Waals surface area contributed by atoms with Crippen LogP contribution >= 0.6 is 79.4 Å². The van der Waals surface area contributed by atoms with Gasteiger partial charge in [-0.05, 0) is 92.0 Å². The average molecular weight is 646 g/mol. The van der Waals surface area contributed by atoms with Crippen molar-refractivity contribution in [1.82, 2.24) is 4.98 Å². The number of rotatable bonds is 3. The van der Waals surface area contributed by atoms with Gasteiger partial charge in [0, 0.05) is 16.9 Å². The van der Waals surface area contributed by atoms with Crippen molar-refractivity contribution in [3.8, 4) is 0 Å². The lowest BCUT2D eigenvalue weighted by Crippen LogP contribution is -2.15. The predicted molar refractivity (Wildman–Crippen MR) is 105 cm³/mol. The second-order valence-corrected chi connectivity index (χ2v) is 9.31. The summed E-state index contributed by atoms with van der Waals surface area (Å²) in [5.74, 6) is 0. The summed E-state index contributed by atoms with van der Waals surface area (Å²) in [6.45, 7) is 0. The van der Waals surface area contributed by atoms with E-state index in [9.17, 15) is 8.42 Å². The molecule has 0 saturated carbocycles. The number of sulfonamides is 1. The van der Waals surface area contributed by atoms with Crippen molar-refractivity contribution in [2.75, 3.05) is 4.72 Å². The molecule has 0 unspecified atom stereocenters. The van der Waals surface area contributed by atoms with E-state index in [4.69, 9.17) is 11.6 Å². The fourth-order valence-corrected chi connectivity index (χ4v) is 6.73. The summed E-state index contributed by atoms with van der Waals surface area (Å²) in [5, 5.41) is 0.252. The molecular weight excluding hydrogens is 640 g/mol. The highest BCUT2D eigenvalue weighted by Gasteiger charge is 2.18. The summed E-state index contributed by atoms with van der Waals surface area (Å²) in [5.41, 5.74) is 0.571. The summed E-state index contributed by atoms with van der Waals surface area (Å²) < 4.78 is 29.9. The van der Waals surface area contributed by atoms with Crippen molar-refractivity contribution in [3.05, 3.63) is 46.3 Å². The Morgan fingerprint density at radius 3 is 2.20 bits per heavy atom. The van der Waals surface area contributed by atoms with E-state index in [-0.39, 0.29) is 10.0 Å². The summed E-state index contributed by atoms with van der Waals surface area (Å²) in [4.78, 5) is 3.86. The SMILES string of the molecule is O=S(=O)(Nc1c(I)cc(I)cc1I)c1ccc(Cl)nc1. The number of hydrogen-bond donors (Lipinski definition) is 1. The minimum atomic E-state index is -3.67. The van der Waals surface area contributed by atoms with Gasteiger partial charge in [0.15, 0.2) is 0 Å². The summed E-state index contributed by atoms with van der Waals surface area (Å²) >= 11 is 12.1. The van der Waals surface area contributed by atoms with Crippen LogP contribution in [-0.4, -0.2) is 13.4 Å². The molecule has 0 bridgehead atoms. The number of pyridine rings is 1. The number of benzene rings is 1. The standard InChI is InChI=1S/C11H6ClI3N2O2S/c12-10-2-1-7(5-16-10)20(18,19)17-11-8(14)3-6(13)4-9(11)15/h1-5,17H. The van der Waals surface area contributed by atoms with E-state index >= 15 is 0 Å². The Balaban J connectivity index is 2.41. The van der Waals surface area contributed by atoms with Gasteiger partial charge in [0.2, 0.25) is 0 Å². The maximum Gasteiger partial charge on any atom is 0.263 e. The highest BCUT2D eigenvalue weighted by molar-refractivity contribution is 14.1. The van der Waals surface area contributed by atoms with Gasteiger partial charge >= 0.3 is 0 Å². The molecule has 0 amide bonds. The lowest BCUT2D eigenvalue weighted by molar-refractivity contribution is 0.601. The molecular formula is C11H6ClI3N2O2S. The third-order valence-electron chi connectivity index (χ3n) is 2.25. The van der Waals surface area contributed by atoms with E-state index in [2.05, 4.69) is 77.5 Å². The Kier molecular flexibility index (Phi) is 5.76. The molecule has 0 radical (unpaired) electrons. The van der Waals surface area contributed by atoms with Crippen molar-refractivity contribution < 1.29 is 8.42 Å². The first-order chi connectivity index (χ1) is 9.29. The molecule has 0 saturated heterocycles. The van der Waals surface area contributed by atoms with Gasteiger partial charge in [-0.25, -0.2) is 13.4 Å². The zero-order valence-corrected chi connectivity index (χ0v) is 17.6. The lowest BCUT2D eigenvalue weighted by Gasteiger charge is -2.12. The van der Waals surface area contributed by atoms with Crippen LogP contribution in [0.2, 0.25) is 5.15 Å². The van der Waals surface area contributed by atoms with Crippen LogP contribution in [-0.2, 0) is 10.0 Å². The van der Waals surface area contributed by atoms with Crippen molar-refractivity contribution >= 4 is 95.1 Å². The largest absolute Gasteiger partial charge is 0.277 e. The number of nitrogens with one attached hydrogen (secondary N) is 1. The normalized spacial score (nSPS) is 11.4. The van der Waals surface area contributed by atoms with Crippen LogP contribution in [0.1, 0.15) is 0 Å². The third kappa shape index (κ3) is 4.08. The second kappa shape index (κ2) is 6.79. The maximum atomic E-state index is 12.3. The van der Waals surface area contributed by atoms with Crippen LogP contribution in [0.3, 0.4) is 0 Å². The van der Waals surface area contributed by atoms with Crippen LogP contribution < -0.4 is 4.72 Å². The molecule has 0 spiro atoms. The minimum absolute atomic E-state index is 0.0760. The Bertz CT molecular complexity index is 728. The van der Waals surface area contributed by atoms with Crippen molar-refractivity contribution in [2.24, 2.45) is 0 Å². The van der Waals surface area contributed by atoms with E-state index in [1.807, 2.05) is 12.1 Å². The van der Waals surface area contributed by atoms with Gasteiger partial charge in [0.25, 0.3) is 10.0 Å². The number of nitrogens with zero attached hydrogens (tertiary/aromatic N) is 1. The average Bonchev–Trinajstić information content (AvgIpc) is 2.34. The van der Waals surface area contributed by atoms with Crippen molar-refractivity contribution in [3.63, 3.8) is 0 Å². The summed E-state index contributed by atoms with van der Waals surface area (Å²) in [6, 6.07) is 6.67. The molecule has 0 aliphatic carbocycles. The first-order valence-electron chi connectivity index (χ1n) is 5.08. The Hall–Kier alpha value is 0.600. The zero-order chi connectivity index (χ0) is 14.9. The van der Waals surface area contributed by atoms with E-state index in [0.717, 1.165) is 10.7 Å². The van der Waals surface area contributed by atoms with Gasteiger partial charge in [-0.2, -0.15) is 0 Å². The van der Waals surface area contributed by atoms with Crippen LogP contribution in [0.5, 0.6) is 0 Å². The van der Waals surface area contributed by atoms with E-state index in [0.29, 0.717) is 5.69 Å². The van der Waals surface area contributed by atoms with Gasteiger partial charge < -0.3 is 0 Å². The monoisotopic (exact) mass is 646 g/mol.